The maximum atomic E-state index is 6.26. The predicted octanol–water partition coefficient (Wildman–Crippen LogP) is 4.50. The number of hydrogen-bond acceptors (Lipinski definition) is 3. The first-order valence-electron chi connectivity index (χ1n) is 8.27. The van der Waals surface area contributed by atoms with Gasteiger partial charge in [0.05, 0.1) is 10.7 Å². The molecule has 0 radical (unpaired) electrons. The third kappa shape index (κ3) is 5.84. The third-order valence-electron chi connectivity index (χ3n) is 3.96. The molecule has 3 nitrogen and oxygen atoms in total. The van der Waals surface area contributed by atoms with Gasteiger partial charge in [0.1, 0.15) is 5.82 Å². The smallest absolute Gasteiger partial charge is 0.128 e. The summed E-state index contributed by atoms with van der Waals surface area (Å²) >= 11 is 6.26. The van der Waals surface area contributed by atoms with Gasteiger partial charge in [-0.3, -0.25) is 0 Å². The molecule has 1 aromatic rings. The van der Waals surface area contributed by atoms with Gasteiger partial charge in [-0.05, 0) is 37.9 Å². The monoisotopic (exact) mass is 311 g/mol. The van der Waals surface area contributed by atoms with Crippen LogP contribution >= 0.6 is 11.6 Å². The van der Waals surface area contributed by atoms with Crippen LogP contribution in [0.5, 0.6) is 0 Å². The molecule has 0 spiro atoms. The van der Waals surface area contributed by atoms with E-state index in [4.69, 9.17) is 16.6 Å². The lowest BCUT2D eigenvalue weighted by Gasteiger charge is -2.27. The second-order valence-corrected chi connectivity index (χ2v) is 5.90. The first kappa shape index (κ1) is 18.2. The van der Waals surface area contributed by atoms with Crippen molar-refractivity contribution < 1.29 is 0 Å². The van der Waals surface area contributed by atoms with Gasteiger partial charge in [-0.2, -0.15) is 0 Å². The minimum Gasteiger partial charge on any atom is -0.357 e. The second kappa shape index (κ2) is 10.0. The summed E-state index contributed by atoms with van der Waals surface area (Å²) in [6, 6.07) is 4.01. The molecule has 1 heterocycles. The average Bonchev–Trinajstić information content (AvgIpc) is 2.51. The van der Waals surface area contributed by atoms with Crippen molar-refractivity contribution in [3.05, 3.63) is 22.8 Å². The van der Waals surface area contributed by atoms with Crippen molar-refractivity contribution in [3.63, 3.8) is 0 Å². The molecule has 1 rings (SSSR count). The van der Waals surface area contributed by atoms with Crippen LogP contribution in [0.25, 0.3) is 0 Å². The summed E-state index contributed by atoms with van der Waals surface area (Å²) in [6.45, 7) is 12.7. The van der Waals surface area contributed by atoms with E-state index >= 15 is 0 Å². The van der Waals surface area contributed by atoms with E-state index in [9.17, 15) is 0 Å². The molecular weight excluding hydrogens is 282 g/mol. The Morgan fingerprint density at radius 2 is 1.90 bits per heavy atom. The molecule has 0 atom stereocenters. The van der Waals surface area contributed by atoms with E-state index in [0.29, 0.717) is 0 Å². The summed E-state index contributed by atoms with van der Waals surface area (Å²) in [4.78, 5) is 7.13. The Kier molecular flexibility index (Phi) is 8.70. The molecule has 1 aromatic heterocycles. The zero-order valence-electron chi connectivity index (χ0n) is 14.0. The summed E-state index contributed by atoms with van der Waals surface area (Å²) in [5.74, 6) is 1.77. The Labute approximate surface area is 135 Å². The highest BCUT2D eigenvalue weighted by Crippen LogP contribution is 2.21. The standard InChI is InChI=1S/C17H30ClN3/c1-5-11-19-12-16-15(18)9-10-17(20-16)21(8-4)13-14(6-2)7-3/h9-10,14,19H,5-8,11-13H2,1-4H3. The van der Waals surface area contributed by atoms with Gasteiger partial charge < -0.3 is 10.2 Å². The van der Waals surface area contributed by atoms with Gasteiger partial charge >= 0.3 is 0 Å². The van der Waals surface area contributed by atoms with Crippen molar-refractivity contribution >= 4 is 17.4 Å². The fourth-order valence-corrected chi connectivity index (χ4v) is 2.57. The molecule has 120 valence electrons. The summed E-state index contributed by atoms with van der Waals surface area (Å²) in [6.07, 6.45) is 3.55. The van der Waals surface area contributed by atoms with Crippen molar-refractivity contribution in [1.82, 2.24) is 10.3 Å². The number of anilines is 1. The van der Waals surface area contributed by atoms with E-state index in [1.165, 1.54) is 12.8 Å². The van der Waals surface area contributed by atoms with Crippen LogP contribution in [0, 0.1) is 5.92 Å². The van der Waals surface area contributed by atoms with Crippen LogP contribution in [0.3, 0.4) is 0 Å². The van der Waals surface area contributed by atoms with Crippen LogP contribution in [0.2, 0.25) is 5.02 Å². The Balaban J connectivity index is 2.81. The highest BCUT2D eigenvalue weighted by Gasteiger charge is 2.13. The Hall–Kier alpha value is -0.800. The van der Waals surface area contributed by atoms with Crippen LogP contribution in [-0.4, -0.2) is 24.6 Å². The second-order valence-electron chi connectivity index (χ2n) is 5.50. The SMILES string of the molecule is CCCNCc1nc(N(CC)CC(CC)CC)ccc1Cl. The predicted molar refractivity (Wildman–Crippen MR) is 93.2 cm³/mol. The van der Waals surface area contributed by atoms with Gasteiger partial charge in [-0.1, -0.05) is 45.2 Å². The van der Waals surface area contributed by atoms with Gasteiger partial charge in [0.2, 0.25) is 0 Å². The number of hydrogen-bond donors (Lipinski definition) is 1. The van der Waals surface area contributed by atoms with E-state index < -0.39 is 0 Å². The number of aromatic nitrogens is 1. The molecule has 0 aromatic carbocycles. The molecule has 0 fully saturated rings. The highest BCUT2D eigenvalue weighted by molar-refractivity contribution is 6.31. The topological polar surface area (TPSA) is 28.2 Å². The number of halogens is 1. The highest BCUT2D eigenvalue weighted by atomic mass is 35.5. The van der Waals surface area contributed by atoms with Gasteiger partial charge in [-0.15, -0.1) is 0 Å². The van der Waals surface area contributed by atoms with E-state index in [-0.39, 0.29) is 0 Å². The molecule has 4 heteroatoms. The van der Waals surface area contributed by atoms with Crippen LogP contribution in [0.1, 0.15) is 52.7 Å². The molecule has 1 N–H and O–H groups in total. The number of nitrogens with zero attached hydrogens (tertiary/aromatic N) is 2. The number of rotatable bonds is 10. The van der Waals surface area contributed by atoms with E-state index in [2.05, 4.69) is 37.9 Å². The van der Waals surface area contributed by atoms with E-state index in [0.717, 1.165) is 55.1 Å². The fraction of sp³-hybridized carbons (Fsp3) is 0.706. The minimum absolute atomic E-state index is 0.726. The molecule has 0 unspecified atom stereocenters. The largest absolute Gasteiger partial charge is 0.357 e. The Morgan fingerprint density at radius 3 is 2.48 bits per heavy atom. The zero-order valence-corrected chi connectivity index (χ0v) is 14.7. The van der Waals surface area contributed by atoms with Crippen LogP contribution < -0.4 is 10.2 Å². The molecule has 0 aliphatic heterocycles. The van der Waals surface area contributed by atoms with Crippen molar-refractivity contribution in [2.45, 2.75) is 53.5 Å². The Bertz CT molecular complexity index is 405. The molecule has 21 heavy (non-hydrogen) atoms. The lowest BCUT2D eigenvalue weighted by molar-refractivity contribution is 0.484. The fourth-order valence-electron chi connectivity index (χ4n) is 2.40. The van der Waals surface area contributed by atoms with Crippen molar-refractivity contribution in [3.8, 4) is 0 Å². The number of pyridine rings is 1. The average molecular weight is 312 g/mol. The molecular formula is C17H30ClN3. The first-order valence-corrected chi connectivity index (χ1v) is 8.64. The minimum atomic E-state index is 0.726. The Morgan fingerprint density at radius 1 is 1.19 bits per heavy atom. The summed E-state index contributed by atoms with van der Waals surface area (Å²) in [5, 5.41) is 4.12. The van der Waals surface area contributed by atoms with Crippen molar-refractivity contribution in [2.75, 3.05) is 24.5 Å². The quantitative estimate of drug-likeness (QED) is 0.645. The summed E-state index contributed by atoms with van der Waals surface area (Å²) < 4.78 is 0. The number of nitrogens with one attached hydrogen (secondary N) is 1. The first-order chi connectivity index (χ1) is 10.2. The zero-order chi connectivity index (χ0) is 15.7. The van der Waals surface area contributed by atoms with Gasteiger partial charge in [0, 0.05) is 19.6 Å². The van der Waals surface area contributed by atoms with Gasteiger partial charge in [0.25, 0.3) is 0 Å². The molecule has 0 bridgehead atoms. The molecule has 0 aliphatic rings. The molecule has 0 saturated carbocycles. The maximum Gasteiger partial charge on any atom is 0.128 e. The molecule has 0 saturated heterocycles. The third-order valence-corrected chi connectivity index (χ3v) is 4.31. The van der Waals surface area contributed by atoms with Gasteiger partial charge in [0.15, 0.2) is 0 Å². The van der Waals surface area contributed by atoms with Crippen LogP contribution in [-0.2, 0) is 6.54 Å². The van der Waals surface area contributed by atoms with Crippen LogP contribution in [0.15, 0.2) is 12.1 Å². The molecule has 0 amide bonds. The van der Waals surface area contributed by atoms with Crippen molar-refractivity contribution in [1.29, 1.82) is 0 Å². The van der Waals surface area contributed by atoms with Crippen LogP contribution in [0.4, 0.5) is 5.82 Å². The van der Waals surface area contributed by atoms with E-state index in [1.807, 2.05) is 12.1 Å². The molecule has 0 aliphatic carbocycles. The van der Waals surface area contributed by atoms with Gasteiger partial charge in [-0.25, -0.2) is 4.98 Å². The summed E-state index contributed by atoms with van der Waals surface area (Å²) in [7, 11) is 0. The lowest BCUT2D eigenvalue weighted by atomic mass is 10.0. The van der Waals surface area contributed by atoms with Crippen molar-refractivity contribution in [2.24, 2.45) is 5.92 Å². The summed E-state index contributed by atoms with van der Waals surface area (Å²) in [5.41, 5.74) is 0.950. The maximum absolute atomic E-state index is 6.26. The van der Waals surface area contributed by atoms with E-state index in [1.54, 1.807) is 0 Å². The normalized spacial score (nSPS) is 11.1. The lowest BCUT2D eigenvalue weighted by Crippen LogP contribution is -2.30.